The van der Waals surface area contributed by atoms with Crippen LogP contribution in [0.2, 0.25) is 0 Å². The lowest BCUT2D eigenvalue weighted by Gasteiger charge is -2.28. The van der Waals surface area contributed by atoms with Gasteiger partial charge in [-0.3, -0.25) is 0 Å². The Morgan fingerprint density at radius 3 is 1.89 bits per heavy atom. The van der Waals surface area contributed by atoms with Crippen molar-refractivity contribution in [3.05, 3.63) is 58.9 Å². The van der Waals surface area contributed by atoms with Gasteiger partial charge in [0.15, 0.2) is 11.6 Å². The first-order valence-corrected chi connectivity index (χ1v) is 12.4. The van der Waals surface area contributed by atoms with E-state index >= 15 is 0 Å². The minimum absolute atomic E-state index is 0.307. The molecule has 0 spiro atoms. The summed E-state index contributed by atoms with van der Waals surface area (Å²) in [4.78, 5) is 0. The third-order valence-corrected chi connectivity index (χ3v) is 6.77. The highest BCUT2D eigenvalue weighted by molar-refractivity contribution is 5.33. The largest absolute Gasteiger partial charge is 0.573 e. The molecule has 3 rings (SSSR count). The second-order valence-electron chi connectivity index (χ2n) is 9.63. The smallest absolute Gasteiger partial charge is 0.432 e. The fourth-order valence-corrected chi connectivity index (χ4v) is 4.87. The van der Waals surface area contributed by atoms with Crippen molar-refractivity contribution < 1.29 is 44.6 Å². The van der Waals surface area contributed by atoms with Crippen LogP contribution >= 0.6 is 0 Å². The van der Waals surface area contributed by atoms with Gasteiger partial charge >= 0.3 is 12.5 Å². The number of rotatable bonds is 11. The fraction of sp³-hybridized carbons (Fsp3) is 0.556. The van der Waals surface area contributed by atoms with Gasteiger partial charge in [0.2, 0.25) is 0 Å². The first-order chi connectivity index (χ1) is 17.3. The van der Waals surface area contributed by atoms with Gasteiger partial charge in [-0.2, -0.15) is 8.78 Å². The first kappa shape index (κ1) is 29.0. The van der Waals surface area contributed by atoms with Crippen molar-refractivity contribution in [2.75, 3.05) is 0 Å². The maximum atomic E-state index is 14.6. The van der Waals surface area contributed by atoms with E-state index in [1.165, 1.54) is 25.7 Å². The standard InChI is InChI=1S/C27H30F8O2/c1-2-3-17-4-6-18(7-5-17)8-9-19-14-22(28)21(23(29)15-19)12-13-26(31,32)36-20-10-11-25(24(30)16-20)37-27(33,34)35/h10-11,14-18H,2-9,12-13H2,1H3. The zero-order valence-corrected chi connectivity index (χ0v) is 20.5. The molecule has 0 amide bonds. The molecule has 0 aliphatic heterocycles. The number of halogens is 8. The third-order valence-electron chi connectivity index (χ3n) is 6.77. The summed E-state index contributed by atoms with van der Waals surface area (Å²) in [5, 5.41) is 0. The van der Waals surface area contributed by atoms with Crippen LogP contribution in [0.4, 0.5) is 35.1 Å². The Labute approximate surface area is 211 Å². The average molecular weight is 539 g/mol. The van der Waals surface area contributed by atoms with Gasteiger partial charge in [-0.15, -0.1) is 13.2 Å². The van der Waals surface area contributed by atoms with Crippen molar-refractivity contribution in [3.8, 4) is 11.5 Å². The van der Waals surface area contributed by atoms with Crippen molar-refractivity contribution in [1.82, 2.24) is 0 Å². The van der Waals surface area contributed by atoms with Gasteiger partial charge in [-0.1, -0.05) is 45.4 Å². The zero-order chi connectivity index (χ0) is 27.2. The lowest BCUT2D eigenvalue weighted by molar-refractivity contribution is -0.275. The molecule has 10 heteroatoms. The van der Waals surface area contributed by atoms with Crippen LogP contribution in [0.5, 0.6) is 11.5 Å². The van der Waals surface area contributed by atoms with Crippen molar-refractivity contribution >= 4 is 0 Å². The molecule has 206 valence electrons. The highest BCUT2D eigenvalue weighted by Gasteiger charge is 2.34. The van der Waals surface area contributed by atoms with Gasteiger partial charge in [-0.05, 0) is 60.9 Å². The molecule has 2 aromatic rings. The lowest BCUT2D eigenvalue weighted by Crippen LogP contribution is -2.26. The van der Waals surface area contributed by atoms with E-state index in [1.54, 1.807) is 0 Å². The number of ether oxygens (including phenoxy) is 2. The van der Waals surface area contributed by atoms with E-state index in [4.69, 9.17) is 0 Å². The van der Waals surface area contributed by atoms with Gasteiger partial charge in [-0.25, -0.2) is 13.2 Å². The van der Waals surface area contributed by atoms with Crippen LogP contribution in [-0.2, 0) is 12.8 Å². The van der Waals surface area contributed by atoms with Crippen molar-refractivity contribution in [1.29, 1.82) is 0 Å². The molecule has 0 N–H and O–H groups in total. The molecular weight excluding hydrogens is 508 g/mol. The van der Waals surface area contributed by atoms with Crippen LogP contribution in [0.25, 0.3) is 0 Å². The summed E-state index contributed by atoms with van der Waals surface area (Å²) in [6.07, 6.45) is -2.70. The molecule has 2 nitrogen and oxygen atoms in total. The molecule has 0 atom stereocenters. The van der Waals surface area contributed by atoms with Crippen molar-refractivity contribution in [2.45, 2.75) is 83.6 Å². The van der Waals surface area contributed by atoms with Gasteiger partial charge in [0.25, 0.3) is 0 Å². The molecule has 0 heterocycles. The summed E-state index contributed by atoms with van der Waals surface area (Å²) < 4.78 is 116. The molecule has 0 aromatic heterocycles. The van der Waals surface area contributed by atoms with Crippen molar-refractivity contribution in [2.24, 2.45) is 11.8 Å². The Kier molecular flexibility index (Phi) is 9.69. The number of aryl methyl sites for hydroxylation is 1. The SMILES string of the molecule is CCCC1CCC(CCc2cc(F)c(CCC(F)(F)Oc3ccc(OC(F)(F)F)c(F)c3)c(F)c2)CC1. The summed E-state index contributed by atoms with van der Waals surface area (Å²) in [6, 6.07) is 3.79. The van der Waals surface area contributed by atoms with Gasteiger partial charge < -0.3 is 9.47 Å². The molecule has 1 fully saturated rings. The van der Waals surface area contributed by atoms with Crippen LogP contribution in [0, 0.1) is 29.3 Å². The molecule has 1 saturated carbocycles. The van der Waals surface area contributed by atoms with E-state index < -0.39 is 59.8 Å². The normalized spacial score (nSPS) is 18.6. The maximum Gasteiger partial charge on any atom is 0.573 e. The summed E-state index contributed by atoms with van der Waals surface area (Å²) in [5.41, 5.74) is -0.0544. The molecule has 1 aliphatic carbocycles. The molecule has 0 bridgehead atoms. The third kappa shape index (κ3) is 9.07. The summed E-state index contributed by atoms with van der Waals surface area (Å²) in [5.74, 6) is -4.14. The predicted molar refractivity (Wildman–Crippen MR) is 122 cm³/mol. The highest BCUT2D eigenvalue weighted by Crippen LogP contribution is 2.35. The molecule has 37 heavy (non-hydrogen) atoms. The van der Waals surface area contributed by atoms with Crippen LogP contribution < -0.4 is 9.47 Å². The van der Waals surface area contributed by atoms with Crippen LogP contribution in [0.3, 0.4) is 0 Å². The van der Waals surface area contributed by atoms with Crippen LogP contribution in [0.15, 0.2) is 30.3 Å². The second-order valence-corrected chi connectivity index (χ2v) is 9.63. The number of hydrogen-bond donors (Lipinski definition) is 0. The van der Waals surface area contributed by atoms with E-state index in [-0.39, 0.29) is 0 Å². The van der Waals surface area contributed by atoms with E-state index in [0.29, 0.717) is 36.1 Å². The fourth-order valence-electron chi connectivity index (χ4n) is 4.87. The predicted octanol–water partition coefficient (Wildman–Crippen LogP) is 9.15. The number of benzene rings is 2. The minimum atomic E-state index is -5.16. The molecule has 0 radical (unpaired) electrons. The minimum Gasteiger partial charge on any atom is -0.432 e. The molecule has 0 unspecified atom stereocenters. The summed E-state index contributed by atoms with van der Waals surface area (Å²) in [7, 11) is 0. The van der Waals surface area contributed by atoms with E-state index in [2.05, 4.69) is 16.4 Å². The van der Waals surface area contributed by atoms with Crippen LogP contribution in [0.1, 0.15) is 69.4 Å². The van der Waals surface area contributed by atoms with Gasteiger partial charge in [0.05, 0.1) is 6.42 Å². The lowest BCUT2D eigenvalue weighted by atomic mass is 9.78. The Morgan fingerprint density at radius 1 is 0.757 bits per heavy atom. The number of alkyl halides is 5. The Morgan fingerprint density at radius 2 is 1.35 bits per heavy atom. The summed E-state index contributed by atoms with van der Waals surface area (Å²) in [6.45, 7) is 2.17. The average Bonchev–Trinajstić information content (AvgIpc) is 2.79. The van der Waals surface area contributed by atoms with Gasteiger partial charge in [0.1, 0.15) is 17.4 Å². The first-order valence-electron chi connectivity index (χ1n) is 12.4. The van der Waals surface area contributed by atoms with E-state index in [1.807, 2.05) is 0 Å². The molecule has 2 aromatic carbocycles. The van der Waals surface area contributed by atoms with Gasteiger partial charge in [0, 0.05) is 11.6 Å². The number of hydrogen-bond acceptors (Lipinski definition) is 2. The summed E-state index contributed by atoms with van der Waals surface area (Å²) >= 11 is 0. The quantitative estimate of drug-likeness (QED) is 0.266. The highest BCUT2D eigenvalue weighted by atomic mass is 19.4. The van der Waals surface area contributed by atoms with Crippen molar-refractivity contribution in [3.63, 3.8) is 0 Å². The second kappa shape index (κ2) is 12.3. The topological polar surface area (TPSA) is 18.5 Å². The van der Waals surface area contributed by atoms with E-state index in [0.717, 1.165) is 37.3 Å². The monoisotopic (exact) mass is 538 g/mol. The Balaban J connectivity index is 1.54. The Bertz CT molecular complexity index is 1010. The molecule has 1 aliphatic rings. The molecule has 0 saturated heterocycles. The maximum absolute atomic E-state index is 14.6. The zero-order valence-electron chi connectivity index (χ0n) is 20.5. The molecular formula is C27H30F8O2. The Hall–Kier alpha value is -2.52. The van der Waals surface area contributed by atoms with Crippen LogP contribution in [-0.4, -0.2) is 12.5 Å². The van der Waals surface area contributed by atoms with E-state index in [9.17, 15) is 35.1 Å².